The second-order valence-corrected chi connectivity index (χ2v) is 3.89. The Morgan fingerprint density at radius 2 is 1.86 bits per heavy atom. The highest BCUT2D eigenvalue weighted by Gasteiger charge is 2.00. The first-order valence-corrected chi connectivity index (χ1v) is 5.72. The molecule has 0 fully saturated rings. The van der Waals surface area contributed by atoms with Gasteiger partial charge in [0, 0.05) is 0 Å². The van der Waals surface area contributed by atoms with E-state index in [0.29, 0.717) is 0 Å². The van der Waals surface area contributed by atoms with Gasteiger partial charge in [-0.3, -0.25) is 0 Å². The molecule has 0 radical (unpaired) electrons. The summed E-state index contributed by atoms with van der Waals surface area (Å²) in [4.78, 5) is 0. The van der Waals surface area contributed by atoms with Gasteiger partial charge in [-0.1, -0.05) is 32.6 Å². The van der Waals surface area contributed by atoms with Crippen molar-refractivity contribution in [3.8, 4) is 0 Å². The number of unbranched alkanes of at least 4 members (excludes halogenated alkanes) is 5. The fourth-order valence-corrected chi connectivity index (χ4v) is 1.59. The van der Waals surface area contributed by atoms with Crippen LogP contribution in [0, 0.1) is 0 Å². The molecular weight excluding hydrogens is 174 g/mol. The Bertz CT molecular complexity index is 242. The van der Waals surface area contributed by atoms with Gasteiger partial charge >= 0.3 is 0 Å². The summed E-state index contributed by atoms with van der Waals surface area (Å²) in [6.45, 7) is 3.32. The van der Waals surface area contributed by atoms with Crippen LogP contribution in [0.3, 0.4) is 0 Å². The predicted octanol–water partition coefficient (Wildman–Crippen LogP) is 2.07. The van der Waals surface area contributed by atoms with Crippen molar-refractivity contribution >= 4 is 0 Å². The second-order valence-electron chi connectivity index (χ2n) is 3.89. The van der Waals surface area contributed by atoms with Gasteiger partial charge in [0.1, 0.15) is 13.6 Å². The van der Waals surface area contributed by atoms with Crippen molar-refractivity contribution < 1.29 is 4.68 Å². The maximum absolute atomic E-state index is 4.28. The Hall–Kier alpha value is -0.860. The lowest BCUT2D eigenvalue weighted by Gasteiger charge is -1.97. The maximum atomic E-state index is 4.28. The van der Waals surface area contributed by atoms with E-state index in [1.807, 2.05) is 28.8 Å². The van der Waals surface area contributed by atoms with Crippen molar-refractivity contribution in [3.63, 3.8) is 0 Å². The largest absolute Gasteiger partial charge is 0.155 e. The lowest BCUT2D eigenvalue weighted by molar-refractivity contribution is -0.732. The van der Waals surface area contributed by atoms with E-state index < -0.39 is 0 Å². The van der Waals surface area contributed by atoms with Crippen LogP contribution in [0.15, 0.2) is 12.4 Å². The van der Waals surface area contributed by atoms with Gasteiger partial charge < -0.3 is 0 Å². The zero-order chi connectivity index (χ0) is 10.2. The van der Waals surface area contributed by atoms with Crippen molar-refractivity contribution in [1.29, 1.82) is 0 Å². The van der Waals surface area contributed by atoms with Crippen molar-refractivity contribution in [2.75, 3.05) is 0 Å². The first kappa shape index (κ1) is 11.2. The Balaban J connectivity index is 1.99. The van der Waals surface area contributed by atoms with Crippen LogP contribution in [0.4, 0.5) is 0 Å². The van der Waals surface area contributed by atoms with Crippen molar-refractivity contribution in [1.82, 2.24) is 9.90 Å². The number of aromatic nitrogens is 3. The van der Waals surface area contributed by atoms with Crippen molar-refractivity contribution in [3.05, 3.63) is 12.4 Å². The summed E-state index contributed by atoms with van der Waals surface area (Å²) in [5.74, 6) is 0. The molecule has 0 saturated carbocycles. The number of hydrogen-bond acceptors (Lipinski definition) is 1. The molecule has 1 rings (SSSR count). The summed E-state index contributed by atoms with van der Waals surface area (Å²) >= 11 is 0. The predicted molar refractivity (Wildman–Crippen MR) is 56.8 cm³/mol. The van der Waals surface area contributed by atoms with Crippen LogP contribution >= 0.6 is 0 Å². The summed E-state index contributed by atoms with van der Waals surface area (Å²) in [5.41, 5.74) is 0. The third kappa shape index (κ3) is 4.40. The van der Waals surface area contributed by atoms with Crippen LogP contribution in [0.2, 0.25) is 0 Å². The first-order valence-electron chi connectivity index (χ1n) is 5.72. The minimum absolute atomic E-state index is 1.06. The van der Waals surface area contributed by atoms with Crippen LogP contribution in [0.5, 0.6) is 0 Å². The fraction of sp³-hybridized carbons (Fsp3) is 0.818. The van der Waals surface area contributed by atoms with E-state index in [-0.39, 0.29) is 0 Å². The zero-order valence-corrected chi connectivity index (χ0v) is 9.45. The molecule has 3 nitrogen and oxygen atoms in total. The average Bonchev–Trinajstić information content (AvgIpc) is 2.58. The molecule has 14 heavy (non-hydrogen) atoms. The summed E-state index contributed by atoms with van der Waals surface area (Å²) < 4.78 is 3.86. The van der Waals surface area contributed by atoms with E-state index in [1.54, 1.807) is 0 Å². The molecule has 0 aromatic carbocycles. The Morgan fingerprint density at radius 1 is 1.14 bits per heavy atom. The van der Waals surface area contributed by atoms with E-state index in [2.05, 4.69) is 12.1 Å². The minimum atomic E-state index is 1.06. The normalized spacial score (nSPS) is 10.7. The van der Waals surface area contributed by atoms with Gasteiger partial charge in [0.15, 0.2) is 12.4 Å². The third-order valence-electron chi connectivity index (χ3n) is 2.45. The molecule has 0 atom stereocenters. The fourth-order valence-electron chi connectivity index (χ4n) is 1.59. The number of hydrogen-bond donors (Lipinski definition) is 0. The molecule has 0 spiro atoms. The molecule has 0 aliphatic rings. The van der Waals surface area contributed by atoms with Gasteiger partial charge in [-0.25, -0.2) is 0 Å². The first-order chi connectivity index (χ1) is 6.83. The summed E-state index contributed by atoms with van der Waals surface area (Å²) in [5, 5.41) is 4.28. The molecular formula is C11H22N3+. The maximum Gasteiger partial charge on any atom is 0.155 e. The van der Waals surface area contributed by atoms with Crippen LogP contribution < -0.4 is 4.68 Å². The molecule has 0 unspecified atom stereocenters. The smallest absolute Gasteiger partial charge is 0.141 e. The molecule has 0 aliphatic heterocycles. The highest BCUT2D eigenvalue weighted by molar-refractivity contribution is 4.57. The highest BCUT2D eigenvalue weighted by atomic mass is 15.5. The van der Waals surface area contributed by atoms with E-state index in [9.17, 15) is 0 Å². The van der Waals surface area contributed by atoms with Crippen LogP contribution in [0.25, 0.3) is 0 Å². The molecule has 0 saturated heterocycles. The molecule has 0 aliphatic carbocycles. The van der Waals surface area contributed by atoms with E-state index in [4.69, 9.17) is 0 Å². The summed E-state index contributed by atoms with van der Waals surface area (Å²) in [6.07, 6.45) is 12.1. The SMILES string of the molecule is CCCCCCCCn1cc[n+](C)n1. The molecule has 3 heteroatoms. The van der Waals surface area contributed by atoms with E-state index in [1.165, 1.54) is 38.5 Å². The standard InChI is InChI=1S/C11H22N3/c1-3-4-5-6-7-8-9-14-11-10-13(2)12-14/h10-11H,3-9H2,1-2H3/q+1. The summed E-state index contributed by atoms with van der Waals surface area (Å²) in [6, 6.07) is 0. The van der Waals surface area contributed by atoms with Crippen LogP contribution in [0.1, 0.15) is 45.4 Å². The summed E-state index contributed by atoms with van der Waals surface area (Å²) in [7, 11) is 1.96. The Labute approximate surface area is 86.7 Å². The second kappa shape index (κ2) is 6.57. The lowest BCUT2D eigenvalue weighted by Crippen LogP contribution is -2.30. The van der Waals surface area contributed by atoms with Gasteiger partial charge in [-0.15, -0.1) is 9.36 Å². The van der Waals surface area contributed by atoms with Crippen LogP contribution in [-0.2, 0) is 13.6 Å². The van der Waals surface area contributed by atoms with E-state index in [0.717, 1.165) is 6.54 Å². The van der Waals surface area contributed by atoms with Crippen molar-refractivity contribution in [2.45, 2.75) is 52.0 Å². The molecule has 0 N–H and O–H groups in total. The third-order valence-corrected chi connectivity index (χ3v) is 2.45. The van der Waals surface area contributed by atoms with E-state index >= 15 is 0 Å². The van der Waals surface area contributed by atoms with Gasteiger partial charge in [-0.05, 0) is 12.8 Å². The van der Waals surface area contributed by atoms with Gasteiger partial charge in [-0.2, -0.15) is 0 Å². The zero-order valence-electron chi connectivity index (χ0n) is 9.45. The number of rotatable bonds is 7. The topological polar surface area (TPSA) is 21.7 Å². The molecule has 1 heterocycles. The lowest BCUT2D eigenvalue weighted by atomic mass is 10.1. The minimum Gasteiger partial charge on any atom is -0.141 e. The van der Waals surface area contributed by atoms with Gasteiger partial charge in [0.2, 0.25) is 0 Å². The van der Waals surface area contributed by atoms with Crippen LogP contribution in [-0.4, -0.2) is 9.90 Å². The molecule has 1 aromatic heterocycles. The molecule has 0 bridgehead atoms. The molecule has 1 aromatic rings. The highest BCUT2D eigenvalue weighted by Crippen LogP contribution is 2.05. The Morgan fingerprint density at radius 3 is 2.50 bits per heavy atom. The number of nitrogens with zero attached hydrogens (tertiary/aromatic N) is 3. The molecule has 80 valence electrons. The molecule has 0 amide bonds. The van der Waals surface area contributed by atoms with Gasteiger partial charge in [0.25, 0.3) is 0 Å². The number of aryl methyl sites for hydroxylation is 2. The Kier molecular flexibility index (Phi) is 5.27. The average molecular weight is 196 g/mol. The quantitative estimate of drug-likeness (QED) is 0.483. The van der Waals surface area contributed by atoms with Gasteiger partial charge in [0.05, 0.1) is 5.21 Å². The monoisotopic (exact) mass is 196 g/mol. The van der Waals surface area contributed by atoms with Crippen molar-refractivity contribution in [2.24, 2.45) is 7.05 Å².